The van der Waals surface area contributed by atoms with Gasteiger partial charge in [0.05, 0.1) is 20.6 Å². The summed E-state index contributed by atoms with van der Waals surface area (Å²) >= 11 is 0. The molecule has 21 heavy (non-hydrogen) atoms. The molecule has 0 saturated carbocycles. The summed E-state index contributed by atoms with van der Waals surface area (Å²) in [7, 11) is 3.08. The molecular weight excluding hydrogens is 273 g/mol. The maximum atomic E-state index is 12.8. The lowest BCUT2D eigenvalue weighted by atomic mass is 10.1. The minimum atomic E-state index is -0.323. The smallest absolute Gasteiger partial charge is 0.228 e. The molecule has 1 N–H and O–H groups in total. The van der Waals surface area contributed by atoms with Gasteiger partial charge < -0.3 is 14.8 Å². The van der Waals surface area contributed by atoms with Crippen LogP contribution in [0.5, 0.6) is 11.5 Å². The van der Waals surface area contributed by atoms with Crippen molar-refractivity contribution in [1.82, 2.24) is 0 Å². The van der Waals surface area contributed by atoms with Crippen LogP contribution >= 0.6 is 0 Å². The predicted molar refractivity (Wildman–Crippen MR) is 78.3 cm³/mol. The van der Waals surface area contributed by atoms with Gasteiger partial charge in [0, 0.05) is 23.9 Å². The maximum absolute atomic E-state index is 12.8. The zero-order valence-electron chi connectivity index (χ0n) is 11.9. The van der Waals surface area contributed by atoms with E-state index in [9.17, 15) is 9.18 Å². The molecular formula is C16H16FNO3. The Morgan fingerprint density at radius 3 is 2.14 bits per heavy atom. The number of ether oxygens (including phenoxy) is 2. The van der Waals surface area contributed by atoms with Gasteiger partial charge >= 0.3 is 0 Å². The third kappa shape index (κ3) is 4.21. The number of halogens is 1. The number of benzene rings is 2. The van der Waals surface area contributed by atoms with Crippen LogP contribution in [0.25, 0.3) is 0 Å². The van der Waals surface area contributed by atoms with Crippen molar-refractivity contribution in [3.8, 4) is 11.5 Å². The van der Waals surface area contributed by atoms with Crippen LogP contribution in [0, 0.1) is 5.82 Å². The fourth-order valence-electron chi connectivity index (χ4n) is 1.87. The zero-order chi connectivity index (χ0) is 15.2. The second kappa shape index (κ2) is 6.74. The van der Waals surface area contributed by atoms with E-state index < -0.39 is 0 Å². The highest BCUT2D eigenvalue weighted by atomic mass is 19.1. The van der Waals surface area contributed by atoms with Crippen molar-refractivity contribution in [2.75, 3.05) is 19.5 Å². The van der Waals surface area contributed by atoms with Gasteiger partial charge in [-0.15, -0.1) is 0 Å². The molecule has 0 bridgehead atoms. The van der Waals surface area contributed by atoms with E-state index in [1.165, 1.54) is 12.1 Å². The number of nitrogens with one attached hydrogen (secondary N) is 1. The minimum absolute atomic E-state index is 0.166. The van der Waals surface area contributed by atoms with Gasteiger partial charge in [0.2, 0.25) is 5.91 Å². The van der Waals surface area contributed by atoms with E-state index in [2.05, 4.69) is 5.32 Å². The fraction of sp³-hybridized carbons (Fsp3) is 0.188. The second-order valence-corrected chi connectivity index (χ2v) is 4.45. The third-order valence-corrected chi connectivity index (χ3v) is 2.91. The van der Waals surface area contributed by atoms with Crippen LogP contribution in [0.3, 0.4) is 0 Å². The average Bonchev–Trinajstić information content (AvgIpc) is 2.49. The van der Waals surface area contributed by atoms with E-state index >= 15 is 0 Å². The Hall–Kier alpha value is -2.56. The summed E-state index contributed by atoms with van der Waals surface area (Å²) in [5.41, 5.74) is 1.32. The lowest BCUT2D eigenvalue weighted by Gasteiger charge is -2.10. The summed E-state index contributed by atoms with van der Waals surface area (Å²) < 4.78 is 23.1. The molecule has 0 spiro atoms. The van der Waals surface area contributed by atoms with Crippen molar-refractivity contribution >= 4 is 11.6 Å². The van der Waals surface area contributed by atoms with Crippen LogP contribution in [0.4, 0.5) is 10.1 Å². The number of carbonyl (C=O) groups excluding carboxylic acids is 1. The van der Waals surface area contributed by atoms with Gasteiger partial charge in [0.15, 0.2) is 0 Å². The summed E-state index contributed by atoms with van der Waals surface area (Å²) in [6.07, 6.45) is 0.166. The molecule has 0 aromatic heterocycles. The van der Waals surface area contributed by atoms with Crippen molar-refractivity contribution in [2.45, 2.75) is 6.42 Å². The Morgan fingerprint density at radius 2 is 1.62 bits per heavy atom. The molecule has 0 aliphatic heterocycles. The molecule has 4 nitrogen and oxygen atoms in total. The molecule has 2 rings (SSSR count). The molecule has 110 valence electrons. The van der Waals surface area contributed by atoms with Crippen molar-refractivity contribution in [1.29, 1.82) is 0 Å². The largest absolute Gasteiger partial charge is 0.497 e. The van der Waals surface area contributed by atoms with E-state index in [1.54, 1.807) is 44.6 Å². The Balaban J connectivity index is 2.06. The van der Waals surface area contributed by atoms with Gasteiger partial charge in [-0.2, -0.15) is 0 Å². The van der Waals surface area contributed by atoms with Crippen molar-refractivity contribution in [3.05, 3.63) is 53.8 Å². The first-order valence-corrected chi connectivity index (χ1v) is 6.38. The molecule has 0 saturated heterocycles. The topological polar surface area (TPSA) is 47.6 Å². The van der Waals surface area contributed by atoms with E-state index in [1.807, 2.05) is 0 Å². The number of hydrogen-bond acceptors (Lipinski definition) is 3. The van der Waals surface area contributed by atoms with Gasteiger partial charge in [0.1, 0.15) is 17.3 Å². The number of anilines is 1. The average molecular weight is 289 g/mol. The van der Waals surface area contributed by atoms with Gasteiger partial charge in [0.25, 0.3) is 0 Å². The number of rotatable bonds is 5. The fourth-order valence-corrected chi connectivity index (χ4v) is 1.87. The minimum Gasteiger partial charge on any atom is -0.497 e. The maximum Gasteiger partial charge on any atom is 0.228 e. The standard InChI is InChI=1S/C16H16FNO3/c1-20-14-8-13(9-15(10-14)21-2)18-16(19)7-11-3-5-12(17)6-4-11/h3-6,8-10H,7H2,1-2H3,(H,18,19). The summed E-state index contributed by atoms with van der Waals surface area (Å²) in [5.74, 6) is 0.659. The number of carbonyl (C=O) groups is 1. The molecule has 2 aromatic carbocycles. The normalized spacial score (nSPS) is 10.0. The molecule has 0 fully saturated rings. The predicted octanol–water partition coefficient (Wildman–Crippen LogP) is 3.02. The van der Waals surface area contributed by atoms with E-state index in [-0.39, 0.29) is 18.1 Å². The number of hydrogen-bond donors (Lipinski definition) is 1. The molecule has 2 aromatic rings. The summed E-state index contributed by atoms with van der Waals surface area (Å²) in [6, 6.07) is 10.9. The second-order valence-electron chi connectivity index (χ2n) is 4.45. The Morgan fingerprint density at radius 1 is 1.05 bits per heavy atom. The summed E-state index contributed by atoms with van der Waals surface area (Å²) in [5, 5.41) is 2.76. The molecule has 0 aliphatic rings. The van der Waals surface area contributed by atoms with Gasteiger partial charge in [-0.1, -0.05) is 12.1 Å². The summed E-state index contributed by atoms with van der Waals surface area (Å²) in [4.78, 5) is 12.0. The molecule has 1 amide bonds. The van der Waals surface area contributed by atoms with Crippen LogP contribution in [-0.4, -0.2) is 20.1 Å². The Labute approximate surface area is 122 Å². The molecule has 0 aliphatic carbocycles. The Bertz CT molecular complexity index is 604. The zero-order valence-corrected chi connectivity index (χ0v) is 11.9. The highest BCUT2D eigenvalue weighted by Gasteiger charge is 2.07. The van der Waals surface area contributed by atoms with E-state index in [0.29, 0.717) is 17.2 Å². The first kappa shape index (κ1) is 14.8. The van der Waals surface area contributed by atoms with Gasteiger partial charge in [-0.3, -0.25) is 4.79 Å². The highest BCUT2D eigenvalue weighted by molar-refractivity contribution is 5.92. The third-order valence-electron chi connectivity index (χ3n) is 2.91. The number of methoxy groups -OCH3 is 2. The van der Waals surface area contributed by atoms with Crippen LogP contribution in [-0.2, 0) is 11.2 Å². The first-order valence-electron chi connectivity index (χ1n) is 6.38. The van der Waals surface area contributed by atoms with E-state index in [4.69, 9.17) is 9.47 Å². The van der Waals surface area contributed by atoms with Crippen LogP contribution < -0.4 is 14.8 Å². The molecule has 0 heterocycles. The quantitative estimate of drug-likeness (QED) is 0.920. The molecule has 0 unspecified atom stereocenters. The number of amides is 1. The molecule has 0 atom stereocenters. The Kier molecular flexibility index (Phi) is 4.77. The monoisotopic (exact) mass is 289 g/mol. The molecule has 0 radical (unpaired) electrons. The highest BCUT2D eigenvalue weighted by Crippen LogP contribution is 2.25. The van der Waals surface area contributed by atoms with Crippen LogP contribution in [0.15, 0.2) is 42.5 Å². The van der Waals surface area contributed by atoms with Crippen molar-refractivity contribution in [2.24, 2.45) is 0 Å². The lowest BCUT2D eigenvalue weighted by Crippen LogP contribution is -2.14. The molecule has 5 heteroatoms. The lowest BCUT2D eigenvalue weighted by molar-refractivity contribution is -0.115. The van der Waals surface area contributed by atoms with Crippen LogP contribution in [0.1, 0.15) is 5.56 Å². The van der Waals surface area contributed by atoms with Crippen molar-refractivity contribution in [3.63, 3.8) is 0 Å². The van der Waals surface area contributed by atoms with Gasteiger partial charge in [-0.25, -0.2) is 4.39 Å². The SMILES string of the molecule is COc1cc(NC(=O)Cc2ccc(F)cc2)cc(OC)c1. The van der Waals surface area contributed by atoms with Crippen LogP contribution in [0.2, 0.25) is 0 Å². The van der Waals surface area contributed by atoms with Gasteiger partial charge in [-0.05, 0) is 17.7 Å². The summed E-state index contributed by atoms with van der Waals surface area (Å²) in [6.45, 7) is 0. The first-order chi connectivity index (χ1) is 10.1. The van der Waals surface area contributed by atoms with E-state index in [0.717, 1.165) is 5.56 Å². The van der Waals surface area contributed by atoms with Crippen molar-refractivity contribution < 1.29 is 18.7 Å².